The topological polar surface area (TPSA) is 82.3 Å². The lowest BCUT2D eigenvalue weighted by Gasteiger charge is -2.25. The van der Waals surface area contributed by atoms with Gasteiger partial charge in [-0.2, -0.15) is 12.7 Å². The van der Waals surface area contributed by atoms with E-state index in [0.717, 1.165) is 36.3 Å². The van der Waals surface area contributed by atoms with Gasteiger partial charge in [0.15, 0.2) is 0 Å². The number of aromatic nitrogens is 1. The SMILES string of the molecule is Cc1c[nH]c2c(/C=C/C(=O)NS(=O)(=O)N3CCCCC3)cc(F)cc12. The van der Waals surface area contributed by atoms with E-state index in [-0.39, 0.29) is 0 Å². The molecular formula is C17H20FN3O3S. The van der Waals surface area contributed by atoms with Crippen LogP contribution < -0.4 is 4.72 Å². The van der Waals surface area contributed by atoms with Crippen molar-refractivity contribution in [2.45, 2.75) is 26.2 Å². The van der Waals surface area contributed by atoms with Crippen LogP contribution in [0.2, 0.25) is 0 Å². The highest BCUT2D eigenvalue weighted by Crippen LogP contribution is 2.23. The van der Waals surface area contributed by atoms with Crippen molar-refractivity contribution >= 4 is 33.1 Å². The number of H-pyrrole nitrogens is 1. The lowest BCUT2D eigenvalue weighted by molar-refractivity contribution is -0.114. The molecule has 1 amide bonds. The summed E-state index contributed by atoms with van der Waals surface area (Å²) >= 11 is 0. The second-order valence-electron chi connectivity index (χ2n) is 6.15. The number of aromatic amines is 1. The summed E-state index contributed by atoms with van der Waals surface area (Å²) in [5.74, 6) is -1.18. The summed E-state index contributed by atoms with van der Waals surface area (Å²) < 4.78 is 41.4. The van der Waals surface area contributed by atoms with Gasteiger partial charge in [0.05, 0.1) is 5.52 Å². The zero-order chi connectivity index (χ0) is 18.0. The number of halogens is 1. The highest BCUT2D eigenvalue weighted by atomic mass is 32.2. The normalized spacial score (nSPS) is 16.6. The van der Waals surface area contributed by atoms with Crippen LogP contribution in [0.25, 0.3) is 17.0 Å². The third kappa shape index (κ3) is 3.91. The maximum Gasteiger partial charge on any atom is 0.304 e. The largest absolute Gasteiger partial charge is 0.360 e. The Bertz CT molecular complexity index is 928. The molecule has 2 N–H and O–H groups in total. The fourth-order valence-corrected chi connectivity index (χ4v) is 4.18. The van der Waals surface area contributed by atoms with Gasteiger partial charge in [-0.3, -0.25) is 4.79 Å². The van der Waals surface area contributed by atoms with Crippen LogP contribution >= 0.6 is 0 Å². The molecule has 0 unspecified atom stereocenters. The Balaban J connectivity index is 1.77. The third-order valence-electron chi connectivity index (χ3n) is 4.29. The summed E-state index contributed by atoms with van der Waals surface area (Å²) in [5, 5.41) is 0.723. The van der Waals surface area contributed by atoms with Gasteiger partial charge in [0.2, 0.25) is 0 Å². The molecule has 2 aromatic rings. The van der Waals surface area contributed by atoms with E-state index in [2.05, 4.69) is 4.98 Å². The number of piperidine rings is 1. The first-order chi connectivity index (χ1) is 11.9. The van der Waals surface area contributed by atoms with Crippen LogP contribution in [0.15, 0.2) is 24.4 Å². The molecule has 0 bridgehead atoms. The first-order valence-electron chi connectivity index (χ1n) is 8.14. The molecule has 0 radical (unpaired) electrons. The molecule has 6 nitrogen and oxygen atoms in total. The van der Waals surface area contributed by atoms with Crippen molar-refractivity contribution in [3.05, 3.63) is 41.3 Å². The summed E-state index contributed by atoms with van der Waals surface area (Å²) in [4.78, 5) is 15.0. The highest BCUT2D eigenvalue weighted by molar-refractivity contribution is 7.87. The Morgan fingerprint density at radius 3 is 2.72 bits per heavy atom. The van der Waals surface area contributed by atoms with Crippen LogP contribution in [-0.4, -0.2) is 36.7 Å². The van der Waals surface area contributed by atoms with Crippen molar-refractivity contribution in [3.8, 4) is 0 Å². The minimum Gasteiger partial charge on any atom is -0.360 e. The lowest BCUT2D eigenvalue weighted by Crippen LogP contribution is -2.45. The second kappa shape index (κ2) is 6.97. The zero-order valence-electron chi connectivity index (χ0n) is 13.9. The van der Waals surface area contributed by atoms with Gasteiger partial charge in [0, 0.05) is 36.3 Å². The molecule has 0 aliphatic carbocycles. The van der Waals surface area contributed by atoms with E-state index in [1.807, 2.05) is 11.6 Å². The zero-order valence-corrected chi connectivity index (χ0v) is 14.7. The van der Waals surface area contributed by atoms with Crippen molar-refractivity contribution in [1.82, 2.24) is 14.0 Å². The number of carbonyl (C=O) groups excluding carboxylic acids is 1. The number of aryl methyl sites for hydroxylation is 1. The number of hydrogen-bond donors (Lipinski definition) is 2. The van der Waals surface area contributed by atoms with E-state index in [4.69, 9.17) is 0 Å². The summed E-state index contributed by atoms with van der Waals surface area (Å²) in [7, 11) is -3.83. The van der Waals surface area contributed by atoms with E-state index in [9.17, 15) is 17.6 Å². The molecule has 1 fully saturated rings. The van der Waals surface area contributed by atoms with E-state index in [1.54, 1.807) is 6.20 Å². The minimum absolute atomic E-state index is 0.415. The van der Waals surface area contributed by atoms with Crippen molar-refractivity contribution in [3.63, 3.8) is 0 Å². The molecule has 25 heavy (non-hydrogen) atoms. The number of amides is 1. The quantitative estimate of drug-likeness (QED) is 0.817. The third-order valence-corrected chi connectivity index (χ3v) is 5.79. The molecular weight excluding hydrogens is 345 g/mol. The van der Waals surface area contributed by atoms with Crippen LogP contribution in [0.4, 0.5) is 4.39 Å². The number of carbonyl (C=O) groups is 1. The Morgan fingerprint density at radius 1 is 1.28 bits per heavy atom. The van der Waals surface area contributed by atoms with E-state index in [0.29, 0.717) is 24.2 Å². The fraction of sp³-hybridized carbons (Fsp3) is 0.353. The number of hydrogen-bond acceptors (Lipinski definition) is 3. The molecule has 1 saturated heterocycles. The molecule has 2 heterocycles. The Kier molecular flexibility index (Phi) is 4.91. The molecule has 1 aromatic heterocycles. The number of nitrogens with zero attached hydrogens (tertiary/aromatic N) is 1. The van der Waals surface area contributed by atoms with Crippen molar-refractivity contribution in [2.75, 3.05) is 13.1 Å². The molecule has 8 heteroatoms. The Morgan fingerprint density at radius 2 is 2.00 bits per heavy atom. The predicted molar refractivity (Wildman–Crippen MR) is 94.5 cm³/mol. The van der Waals surface area contributed by atoms with E-state index < -0.39 is 21.9 Å². The van der Waals surface area contributed by atoms with Crippen LogP contribution in [0.1, 0.15) is 30.4 Å². The van der Waals surface area contributed by atoms with Gasteiger partial charge in [-0.1, -0.05) is 6.42 Å². The van der Waals surface area contributed by atoms with Gasteiger partial charge in [-0.15, -0.1) is 0 Å². The average Bonchev–Trinajstić information content (AvgIpc) is 2.94. The van der Waals surface area contributed by atoms with Gasteiger partial charge in [0.1, 0.15) is 5.82 Å². The van der Waals surface area contributed by atoms with Gasteiger partial charge in [-0.05, 0) is 43.5 Å². The molecule has 0 atom stereocenters. The molecule has 3 rings (SSSR count). The van der Waals surface area contributed by atoms with Crippen LogP contribution in [0, 0.1) is 12.7 Å². The maximum atomic E-state index is 13.7. The minimum atomic E-state index is -3.83. The van der Waals surface area contributed by atoms with E-state index in [1.165, 1.54) is 22.5 Å². The molecule has 1 aliphatic rings. The molecule has 1 aliphatic heterocycles. The number of benzene rings is 1. The highest BCUT2D eigenvalue weighted by Gasteiger charge is 2.24. The summed E-state index contributed by atoms with van der Waals surface area (Å²) in [6.45, 7) is 2.68. The van der Waals surface area contributed by atoms with E-state index >= 15 is 0 Å². The Labute approximate surface area is 145 Å². The van der Waals surface area contributed by atoms with Crippen LogP contribution in [-0.2, 0) is 15.0 Å². The first kappa shape index (κ1) is 17.6. The van der Waals surface area contributed by atoms with Crippen LogP contribution in [0.3, 0.4) is 0 Å². The Hall–Kier alpha value is -2.19. The van der Waals surface area contributed by atoms with Gasteiger partial charge < -0.3 is 4.98 Å². The maximum absolute atomic E-state index is 13.7. The fourth-order valence-electron chi connectivity index (χ4n) is 2.99. The van der Waals surface area contributed by atoms with Gasteiger partial charge in [-0.25, -0.2) is 9.11 Å². The molecule has 0 spiro atoms. The predicted octanol–water partition coefficient (Wildman–Crippen LogP) is 2.48. The summed E-state index contributed by atoms with van der Waals surface area (Å²) in [6.07, 6.45) is 6.83. The second-order valence-corrected chi connectivity index (χ2v) is 7.82. The summed E-state index contributed by atoms with van der Waals surface area (Å²) in [5.41, 5.74) is 2.07. The average molecular weight is 365 g/mol. The number of nitrogens with one attached hydrogen (secondary N) is 2. The molecule has 0 saturated carbocycles. The van der Waals surface area contributed by atoms with Crippen molar-refractivity contribution < 1.29 is 17.6 Å². The van der Waals surface area contributed by atoms with Crippen LogP contribution in [0.5, 0.6) is 0 Å². The molecule has 1 aromatic carbocycles. The van der Waals surface area contributed by atoms with Crippen molar-refractivity contribution in [2.24, 2.45) is 0 Å². The van der Waals surface area contributed by atoms with Gasteiger partial charge in [0.25, 0.3) is 5.91 Å². The van der Waals surface area contributed by atoms with Crippen molar-refractivity contribution in [1.29, 1.82) is 0 Å². The number of fused-ring (bicyclic) bond motifs is 1. The monoisotopic (exact) mass is 365 g/mol. The smallest absolute Gasteiger partial charge is 0.304 e. The standard InChI is InChI=1S/C17H20FN3O3S/c1-12-11-19-17-13(9-14(18)10-15(12)17)5-6-16(22)20-25(23,24)21-7-3-2-4-8-21/h5-6,9-11,19H,2-4,7-8H2,1H3,(H,20,22)/b6-5+. The number of rotatable bonds is 4. The molecule has 134 valence electrons. The van der Waals surface area contributed by atoms with Gasteiger partial charge >= 0.3 is 10.2 Å². The summed E-state index contributed by atoms with van der Waals surface area (Å²) in [6, 6.07) is 2.71. The first-order valence-corrected chi connectivity index (χ1v) is 9.58. The lowest BCUT2D eigenvalue weighted by atomic mass is 10.1.